The number of imidazole rings is 1. The largest absolute Gasteiger partial charge is 0 e. The van der Waals surface area contributed by atoms with Gasteiger partial charge in [-0.2, -0.15) is 0 Å². The minimum Gasteiger partial charge on any atom is 0 e. The second-order valence-electron chi connectivity index (χ2n) is 18.3. The molecule has 0 fully saturated rings. The number of para-hydroxylation sites is 2. The fourth-order valence-corrected chi connectivity index (χ4v) is 11.0. The number of benzene rings is 8. The first-order chi connectivity index (χ1) is 31.0. The van der Waals surface area contributed by atoms with Crippen LogP contribution in [0.1, 0.15) is 50.7 Å². The topological polar surface area (TPSA) is 56.7 Å². The second kappa shape index (κ2) is 18.0. The van der Waals surface area contributed by atoms with E-state index in [-0.39, 0.29) is 31.9 Å². The minimum absolute atomic E-state index is 0. The van der Waals surface area contributed by atoms with Crippen LogP contribution >= 0.6 is 0 Å². The summed E-state index contributed by atoms with van der Waals surface area (Å²) in [5, 5.41) is 7.02. The third-order valence-electron chi connectivity index (χ3n) is 12.2. The first-order valence-corrected chi connectivity index (χ1v) is 29.6. The predicted octanol–water partition coefficient (Wildman–Crippen LogP) is 15.1. The van der Waals surface area contributed by atoms with Crippen LogP contribution in [0.2, 0.25) is 17.3 Å². The second-order valence-corrected chi connectivity index (χ2v) is 28.8. The van der Waals surface area contributed by atoms with Crippen LogP contribution in [-0.4, -0.2) is 32.8 Å². The molecule has 0 aliphatic carbocycles. The Morgan fingerprint density at radius 1 is 0.585 bits per heavy atom. The molecule has 0 saturated carbocycles. The van der Waals surface area contributed by atoms with Gasteiger partial charge in [0.1, 0.15) is 5.58 Å². The fourth-order valence-electron chi connectivity index (χ4n) is 8.88. The average molecular weight is 1080 g/mol. The standard InChI is InChI=1S/C45H35N2O.C13H15GeN2.Ir/c1-27(2)36-24-32(29-13-6-5-7-14-29)25-37(28(3)4)43(36)47-41-20-11-10-19-40(41)46-45(47)35-18-12-17-34-39-23-31-22-21-30-15-8-9-16-33(30)38(31)26-42(39)48-44(34)35;1-14(2,3)12-9-10-15-13(16-12)11-7-5-4-6-8-11;/h5-17,19-28H,1-4H3;4-7,9-10H,1-3H3;/q2*-1;. The monoisotopic (exact) mass is 1090 g/mol. The molecular weight excluding hydrogens is 1030 g/mol. The van der Waals surface area contributed by atoms with Crippen molar-refractivity contribution < 1.29 is 24.5 Å². The molecule has 1 radical (unpaired) electrons. The molecule has 0 spiro atoms. The molecule has 11 aromatic rings. The molecule has 323 valence electrons. The zero-order valence-corrected chi connectivity index (χ0v) is 42.3. The van der Waals surface area contributed by atoms with Crippen molar-refractivity contribution in [3.8, 4) is 39.6 Å². The van der Waals surface area contributed by atoms with Crippen LogP contribution in [-0.2, 0) is 20.1 Å². The Hall–Kier alpha value is -6.18. The molecule has 3 heterocycles. The molecule has 0 bridgehead atoms. The Balaban J connectivity index is 0.000000266. The SMILES string of the molecule is CC(C)c1cc(-c2ccccc2)cc(C(C)C)c1-n1c(-c2[c-]ccc3c2oc2cc4c(ccc5ccccc54)cc23)nc2ccccc21.[CH3][Ge]([CH3])([CH3])[c]1ccnc(-c2[c-]cccc2)n1.[Ir]. The van der Waals surface area contributed by atoms with Crippen LogP contribution in [0.15, 0.2) is 168 Å². The van der Waals surface area contributed by atoms with E-state index < -0.39 is 13.3 Å². The van der Waals surface area contributed by atoms with Gasteiger partial charge in [0.25, 0.3) is 0 Å². The summed E-state index contributed by atoms with van der Waals surface area (Å²) in [7, 11) is 0. The van der Waals surface area contributed by atoms with Crippen LogP contribution in [0.4, 0.5) is 0 Å². The molecule has 0 amide bonds. The van der Waals surface area contributed by atoms with E-state index in [0.717, 1.165) is 55.7 Å². The first kappa shape index (κ1) is 44.0. The van der Waals surface area contributed by atoms with Crippen LogP contribution in [0.3, 0.4) is 0 Å². The summed E-state index contributed by atoms with van der Waals surface area (Å²) in [4.78, 5) is 14.3. The molecule has 0 saturated heterocycles. The summed E-state index contributed by atoms with van der Waals surface area (Å²) in [5.74, 6) is 9.19. The third-order valence-corrected chi connectivity index (χ3v) is 16.0. The first-order valence-electron chi connectivity index (χ1n) is 22.2. The predicted molar refractivity (Wildman–Crippen MR) is 271 cm³/mol. The number of fused-ring (bicyclic) bond motifs is 7. The van der Waals surface area contributed by atoms with Crippen molar-refractivity contribution in [1.82, 2.24) is 19.5 Å². The minimum atomic E-state index is -1.86. The normalized spacial score (nSPS) is 11.8. The Labute approximate surface area is 397 Å². The van der Waals surface area contributed by atoms with E-state index in [4.69, 9.17) is 9.40 Å². The van der Waals surface area contributed by atoms with Gasteiger partial charge in [0.15, 0.2) is 0 Å². The van der Waals surface area contributed by atoms with Gasteiger partial charge < -0.3 is 8.98 Å². The van der Waals surface area contributed by atoms with E-state index in [0.29, 0.717) is 0 Å². The average Bonchev–Trinajstić information content (AvgIpc) is 3.89. The van der Waals surface area contributed by atoms with Crippen molar-refractivity contribution in [3.05, 3.63) is 187 Å². The van der Waals surface area contributed by atoms with Crippen molar-refractivity contribution >= 4 is 72.3 Å². The zero-order valence-electron chi connectivity index (χ0n) is 37.8. The molecule has 3 aromatic heterocycles. The summed E-state index contributed by atoms with van der Waals surface area (Å²) >= 11 is -1.86. The maximum Gasteiger partial charge on any atom is 0 e. The summed E-state index contributed by atoms with van der Waals surface area (Å²) in [6.07, 6.45) is 1.86. The van der Waals surface area contributed by atoms with Gasteiger partial charge in [-0.25, -0.2) is 0 Å². The van der Waals surface area contributed by atoms with Crippen LogP contribution in [0.25, 0.3) is 94.1 Å². The van der Waals surface area contributed by atoms with E-state index in [1.54, 1.807) is 0 Å². The Kier molecular flexibility index (Phi) is 12.2. The van der Waals surface area contributed by atoms with Crippen LogP contribution < -0.4 is 4.53 Å². The van der Waals surface area contributed by atoms with Gasteiger partial charge in [-0.05, 0) is 92.0 Å². The molecule has 0 aliphatic heterocycles. The van der Waals surface area contributed by atoms with Crippen molar-refractivity contribution in [3.63, 3.8) is 0 Å². The number of rotatable bonds is 7. The molecular formula is C58H50GeIrN4O-2. The molecule has 8 aromatic carbocycles. The van der Waals surface area contributed by atoms with Gasteiger partial charge in [-0.3, -0.25) is 4.98 Å². The number of hydrogen-bond donors (Lipinski definition) is 0. The third kappa shape index (κ3) is 8.36. The molecule has 0 N–H and O–H groups in total. The molecule has 0 aliphatic rings. The fraction of sp³-hybridized carbons (Fsp3) is 0.155. The summed E-state index contributed by atoms with van der Waals surface area (Å²) in [6, 6.07) is 62.1. The van der Waals surface area contributed by atoms with Crippen molar-refractivity contribution in [1.29, 1.82) is 0 Å². The van der Waals surface area contributed by atoms with Crippen molar-refractivity contribution in [2.24, 2.45) is 0 Å². The summed E-state index contributed by atoms with van der Waals surface area (Å²) in [5.41, 5.74) is 11.8. The van der Waals surface area contributed by atoms with Gasteiger partial charge >= 0.3 is 99.0 Å². The van der Waals surface area contributed by atoms with Crippen LogP contribution in [0, 0.1) is 12.1 Å². The van der Waals surface area contributed by atoms with Crippen LogP contribution in [0.5, 0.6) is 0 Å². The van der Waals surface area contributed by atoms with E-state index >= 15 is 0 Å². The van der Waals surface area contributed by atoms with Crippen molar-refractivity contribution in [2.45, 2.75) is 56.8 Å². The van der Waals surface area contributed by atoms with Gasteiger partial charge in [-0.1, -0.05) is 118 Å². The maximum absolute atomic E-state index is 6.83. The van der Waals surface area contributed by atoms with E-state index in [1.165, 1.54) is 54.0 Å². The Morgan fingerprint density at radius 2 is 1.29 bits per heavy atom. The Bertz CT molecular complexity index is 3470. The van der Waals surface area contributed by atoms with Gasteiger partial charge in [-0.15, -0.1) is 18.2 Å². The van der Waals surface area contributed by atoms with Crippen molar-refractivity contribution in [2.75, 3.05) is 0 Å². The summed E-state index contributed by atoms with van der Waals surface area (Å²) in [6.45, 7) is 9.15. The van der Waals surface area contributed by atoms with E-state index in [9.17, 15) is 0 Å². The quantitative estimate of drug-likeness (QED) is 0.0907. The number of aromatic nitrogens is 4. The molecule has 7 heteroatoms. The molecule has 0 unspecified atom stereocenters. The zero-order chi connectivity index (χ0) is 44.1. The maximum atomic E-state index is 6.83. The van der Waals surface area contributed by atoms with Gasteiger partial charge in [0, 0.05) is 31.2 Å². The van der Waals surface area contributed by atoms with E-state index in [2.05, 4.69) is 193 Å². The van der Waals surface area contributed by atoms with Gasteiger partial charge in [0.2, 0.25) is 0 Å². The number of furan rings is 1. The molecule has 5 nitrogen and oxygen atoms in total. The summed E-state index contributed by atoms with van der Waals surface area (Å²) < 4.78 is 10.4. The number of nitrogens with zero attached hydrogens (tertiary/aromatic N) is 4. The molecule has 65 heavy (non-hydrogen) atoms. The smallest absolute Gasteiger partial charge is 0 e. The van der Waals surface area contributed by atoms with E-state index in [1.807, 2.05) is 42.6 Å². The number of hydrogen-bond acceptors (Lipinski definition) is 4. The molecule has 11 rings (SSSR count). The van der Waals surface area contributed by atoms with Gasteiger partial charge in [0.05, 0.1) is 22.4 Å². The Morgan fingerprint density at radius 3 is 2.03 bits per heavy atom. The molecule has 0 atom stereocenters.